The maximum Gasteiger partial charge on any atom is 0.168 e. The van der Waals surface area contributed by atoms with E-state index >= 15 is 0 Å². The van der Waals surface area contributed by atoms with Crippen LogP contribution < -0.4 is 10.1 Å². The molecule has 0 aliphatic heterocycles. The van der Waals surface area contributed by atoms with Crippen LogP contribution in [0.15, 0.2) is 36.5 Å². The number of hydrogen-bond donors (Lipinski definition) is 1. The number of aryl methyl sites for hydroxylation is 1. The first kappa shape index (κ1) is 15.3. The van der Waals surface area contributed by atoms with Crippen molar-refractivity contribution in [3.05, 3.63) is 53.5 Å². The summed E-state index contributed by atoms with van der Waals surface area (Å²) in [4.78, 5) is 4.30. The number of rotatable bonds is 6. The third kappa shape index (κ3) is 4.45. The van der Waals surface area contributed by atoms with Crippen molar-refractivity contribution in [1.82, 2.24) is 4.98 Å². The maximum atomic E-state index is 13.1. The van der Waals surface area contributed by atoms with Crippen molar-refractivity contribution < 1.29 is 9.13 Å². The van der Waals surface area contributed by atoms with Gasteiger partial charge < -0.3 is 10.1 Å². The molecule has 2 aromatic rings. The molecule has 0 fully saturated rings. The number of nitrogens with one attached hydrogen (secondary N) is 1. The zero-order valence-electron chi connectivity index (χ0n) is 12.7. The monoisotopic (exact) mass is 288 g/mol. The molecular formula is C17H21FN2O. The summed E-state index contributed by atoms with van der Waals surface area (Å²) in [6.45, 7) is 6.61. The number of aromatic nitrogens is 1. The van der Waals surface area contributed by atoms with Crippen molar-refractivity contribution in [2.75, 3.05) is 11.9 Å². The number of halogens is 1. The van der Waals surface area contributed by atoms with E-state index in [9.17, 15) is 4.39 Å². The van der Waals surface area contributed by atoms with Crippen LogP contribution in [-0.2, 0) is 6.42 Å². The summed E-state index contributed by atoms with van der Waals surface area (Å²) in [6.07, 6.45) is 2.65. The van der Waals surface area contributed by atoms with Gasteiger partial charge in [0.25, 0.3) is 0 Å². The number of benzene rings is 1. The van der Waals surface area contributed by atoms with Crippen LogP contribution in [0.25, 0.3) is 0 Å². The van der Waals surface area contributed by atoms with Crippen LogP contribution in [0.1, 0.15) is 25.0 Å². The number of nitrogens with zero attached hydrogens (tertiary/aromatic N) is 1. The van der Waals surface area contributed by atoms with Gasteiger partial charge in [-0.1, -0.05) is 6.07 Å². The van der Waals surface area contributed by atoms with E-state index in [1.807, 2.05) is 39.0 Å². The molecule has 0 saturated carbocycles. The molecular weight excluding hydrogens is 267 g/mol. The molecule has 2 rings (SSSR count). The largest absolute Gasteiger partial charge is 0.487 e. The average molecular weight is 288 g/mol. The van der Waals surface area contributed by atoms with E-state index in [-0.39, 0.29) is 11.9 Å². The molecule has 3 nitrogen and oxygen atoms in total. The maximum absolute atomic E-state index is 13.1. The van der Waals surface area contributed by atoms with Gasteiger partial charge in [-0.3, -0.25) is 0 Å². The molecule has 0 unspecified atom stereocenters. The molecule has 1 N–H and O–H groups in total. The third-order valence-corrected chi connectivity index (χ3v) is 3.12. The van der Waals surface area contributed by atoms with Crippen LogP contribution in [0.4, 0.5) is 10.2 Å². The van der Waals surface area contributed by atoms with Crippen LogP contribution >= 0.6 is 0 Å². The summed E-state index contributed by atoms with van der Waals surface area (Å²) in [6, 6.07) is 8.64. The average Bonchev–Trinajstić information content (AvgIpc) is 2.42. The fourth-order valence-electron chi connectivity index (χ4n) is 2.13. The Bertz CT molecular complexity index is 599. The molecule has 0 saturated heterocycles. The second-order valence-corrected chi connectivity index (χ2v) is 5.26. The van der Waals surface area contributed by atoms with Crippen molar-refractivity contribution in [3.8, 4) is 5.75 Å². The Balaban J connectivity index is 1.97. The lowest BCUT2D eigenvalue weighted by atomic mass is 10.1. The number of pyridine rings is 1. The fraction of sp³-hybridized carbons (Fsp3) is 0.353. The predicted octanol–water partition coefficient (Wildman–Crippen LogP) is 3.97. The van der Waals surface area contributed by atoms with Crippen LogP contribution in [0, 0.1) is 12.7 Å². The number of hydrogen-bond acceptors (Lipinski definition) is 3. The van der Waals surface area contributed by atoms with Crippen molar-refractivity contribution in [1.29, 1.82) is 0 Å². The van der Waals surface area contributed by atoms with Gasteiger partial charge in [0.2, 0.25) is 0 Å². The van der Waals surface area contributed by atoms with E-state index in [0.29, 0.717) is 0 Å². The Labute approximate surface area is 125 Å². The minimum absolute atomic E-state index is 0.106. The Morgan fingerprint density at radius 1 is 1.29 bits per heavy atom. The van der Waals surface area contributed by atoms with Crippen molar-refractivity contribution in [2.45, 2.75) is 33.3 Å². The Kier molecular flexibility index (Phi) is 5.14. The van der Waals surface area contributed by atoms with Crippen LogP contribution in [0.5, 0.6) is 5.75 Å². The van der Waals surface area contributed by atoms with E-state index in [1.54, 1.807) is 12.3 Å². The molecule has 0 aliphatic carbocycles. The Morgan fingerprint density at radius 3 is 2.81 bits per heavy atom. The fourth-order valence-corrected chi connectivity index (χ4v) is 2.13. The SMILES string of the molecule is Cc1cc(F)ccc1CCNc1ncccc1OC(C)C. The molecule has 0 atom stereocenters. The molecule has 1 heterocycles. The first-order chi connectivity index (χ1) is 10.1. The molecule has 0 amide bonds. The zero-order valence-corrected chi connectivity index (χ0v) is 12.7. The summed E-state index contributed by atoms with van der Waals surface area (Å²) in [5.41, 5.74) is 2.10. The van der Waals surface area contributed by atoms with Crippen LogP contribution in [0.3, 0.4) is 0 Å². The molecule has 1 aromatic carbocycles. The Morgan fingerprint density at radius 2 is 2.10 bits per heavy atom. The summed E-state index contributed by atoms with van der Waals surface area (Å²) >= 11 is 0. The second-order valence-electron chi connectivity index (χ2n) is 5.26. The molecule has 21 heavy (non-hydrogen) atoms. The molecule has 0 radical (unpaired) electrons. The summed E-state index contributed by atoms with van der Waals surface area (Å²) in [5.74, 6) is 1.30. The Hall–Kier alpha value is -2.10. The third-order valence-electron chi connectivity index (χ3n) is 3.12. The normalized spacial score (nSPS) is 10.7. The lowest BCUT2D eigenvalue weighted by Crippen LogP contribution is -2.11. The van der Waals surface area contributed by atoms with Crippen LogP contribution in [-0.4, -0.2) is 17.6 Å². The first-order valence-electron chi connectivity index (χ1n) is 7.17. The lowest BCUT2D eigenvalue weighted by molar-refractivity contribution is 0.243. The highest BCUT2D eigenvalue weighted by molar-refractivity contribution is 5.49. The van der Waals surface area contributed by atoms with Gasteiger partial charge in [0, 0.05) is 12.7 Å². The topological polar surface area (TPSA) is 34.2 Å². The highest BCUT2D eigenvalue weighted by Crippen LogP contribution is 2.22. The minimum atomic E-state index is -0.193. The van der Waals surface area contributed by atoms with Gasteiger partial charge in [0.1, 0.15) is 5.82 Å². The number of ether oxygens (including phenoxy) is 1. The van der Waals surface area contributed by atoms with E-state index in [1.165, 1.54) is 6.07 Å². The van der Waals surface area contributed by atoms with Gasteiger partial charge in [-0.2, -0.15) is 0 Å². The second kappa shape index (κ2) is 7.07. The van der Waals surface area contributed by atoms with Crippen LogP contribution in [0.2, 0.25) is 0 Å². The minimum Gasteiger partial charge on any atom is -0.487 e. The smallest absolute Gasteiger partial charge is 0.168 e. The van der Waals surface area contributed by atoms with Gasteiger partial charge in [-0.05, 0) is 62.6 Å². The number of anilines is 1. The van der Waals surface area contributed by atoms with Crippen molar-refractivity contribution in [2.24, 2.45) is 0 Å². The highest BCUT2D eigenvalue weighted by Gasteiger charge is 2.06. The standard InChI is InChI=1S/C17H21FN2O/c1-12(2)21-16-5-4-9-19-17(16)20-10-8-14-6-7-15(18)11-13(14)3/h4-7,9,11-12H,8,10H2,1-3H3,(H,19,20). The van der Waals surface area contributed by atoms with E-state index < -0.39 is 0 Å². The molecule has 0 aliphatic rings. The van der Waals surface area contributed by atoms with Crippen molar-refractivity contribution in [3.63, 3.8) is 0 Å². The molecule has 0 bridgehead atoms. The first-order valence-corrected chi connectivity index (χ1v) is 7.17. The van der Waals surface area contributed by atoms with Gasteiger partial charge >= 0.3 is 0 Å². The molecule has 112 valence electrons. The van der Waals surface area contributed by atoms with Crippen molar-refractivity contribution >= 4 is 5.82 Å². The lowest BCUT2D eigenvalue weighted by Gasteiger charge is -2.14. The summed E-state index contributed by atoms with van der Waals surface area (Å²) in [7, 11) is 0. The quantitative estimate of drug-likeness (QED) is 0.873. The summed E-state index contributed by atoms with van der Waals surface area (Å²) < 4.78 is 18.8. The van der Waals surface area contributed by atoms with Gasteiger partial charge in [-0.15, -0.1) is 0 Å². The van der Waals surface area contributed by atoms with E-state index in [2.05, 4.69) is 10.3 Å². The molecule has 0 spiro atoms. The zero-order chi connectivity index (χ0) is 15.2. The molecule has 1 aromatic heterocycles. The van der Waals surface area contributed by atoms with Gasteiger partial charge in [0.15, 0.2) is 11.6 Å². The van der Waals surface area contributed by atoms with Gasteiger partial charge in [0.05, 0.1) is 6.10 Å². The summed E-state index contributed by atoms with van der Waals surface area (Å²) in [5, 5.41) is 3.28. The van der Waals surface area contributed by atoms with E-state index in [0.717, 1.165) is 35.7 Å². The predicted molar refractivity (Wildman–Crippen MR) is 83.3 cm³/mol. The molecule has 4 heteroatoms. The van der Waals surface area contributed by atoms with Gasteiger partial charge in [-0.25, -0.2) is 9.37 Å². The highest BCUT2D eigenvalue weighted by atomic mass is 19.1. The van der Waals surface area contributed by atoms with E-state index in [4.69, 9.17) is 4.74 Å².